The van der Waals surface area contributed by atoms with Gasteiger partial charge >= 0.3 is 0 Å². The Balaban J connectivity index is 1.32. The lowest BCUT2D eigenvalue weighted by molar-refractivity contribution is 0.108. The number of ether oxygens (including phenoxy) is 2. The summed E-state index contributed by atoms with van der Waals surface area (Å²) in [6.45, 7) is 3.70. The van der Waals surface area contributed by atoms with Crippen molar-refractivity contribution in [2.24, 2.45) is 0 Å². The largest absolute Gasteiger partial charge is 0.485 e. The van der Waals surface area contributed by atoms with Crippen LogP contribution in [-0.4, -0.2) is 59.9 Å². The van der Waals surface area contributed by atoms with Gasteiger partial charge in [0.15, 0.2) is 12.7 Å². The minimum Gasteiger partial charge on any atom is -0.485 e. The monoisotopic (exact) mass is 388 g/mol. The summed E-state index contributed by atoms with van der Waals surface area (Å²) in [7, 11) is -2.58. The van der Waals surface area contributed by atoms with Crippen molar-refractivity contribution in [1.82, 2.24) is 9.57 Å². The second-order valence-electron chi connectivity index (χ2n) is 7.84. The molecule has 2 heterocycles. The first-order valence-corrected chi connectivity index (χ1v) is 12.3. The summed E-state index contributed by atoms with van der Waals surface area (Å²) in [4.78, 5) is 2.58. The van der Waals surface area contributed by atoms with Gasteiger partial charge in [-0.3, -0.25) is 9.46 Å². The molecule has 5 nitrogen and oxygen atoms in total. The topological polar surface area (TPSA) is 42.0 Å². The molecule has 25 heavy (non-hydrogen) atoms. The van der Waals surface area contributed by atoms with E-state index in [9.17, 15) is 4.57 Å². The molecule has 2 aliphatic heterocycles. The molecule has 142 valence electrons. The molecule has 0 unspecified atom stereocenters. The van der Waals surface area contributed by atoms with Crippen LogP contribution in [-0.2, 0) is 14.0 Å². The second-order valence-corrected chi connectivity index (χ2v) is 11.2. The van der Waals surface area contributed by atoms with Crippen molar-refractivity contribution in [3.63, 3.8) is 0 Å². The van der Waals surface area contributed by atoms with Crippen LogP contribution in [0.25, 0.3) is 0 Å². The summed E-state index contributed by atoms with van der Waals surface area (Å²) in [5.41, 5.74) is 0. The zero-order chi connectivity index (χ0) is 17.3. The van der Waals surface area contributed by atoms with Gasteiger partial charge in [0.1, 0.15) is 11.5 Å². The molecule has 2 fully saturated rings. The third-order valence-electron chi connectivity index (χ3n) is 6.20. The van der Waals surface area contributed by atoms with Crippen molar-refractivity contribution < 1.29 is 14.0 Å². The number of rotatable bonds is 2. The van der Waals surface area contributed by atoms with Crippen molar-refractivity contribution in [3.8, 4) is 0 Å². The summed E-state index contributed by atoms with van der Waals surface area (Å²) in [6.07, 6.45) is 9.48. The van der Waals surface area contributed by atoms with Gasteiger partial charge in [-0.25, -0.2) is 4.67 Å². The molecule has 0 N–H and O–H groups in total. The molecule has 0 amide bonds. The van der Waals surface area contributed by atoms with Crippen molar-refractivity contribution in [1.29, 1.82) is 0 Å². The van der Waals surface area contributed by atoms with Gasteiger partial charge in [-0.05, 0) is 38.5 Å². The van der Waals surface area contributed by atoms with E-state index < -0.39 is 7.29 Å². The van der Waals surface area contributed by atoms with Gasteiger partial charge in [-0.1, -0.05) is 0 Å². The minimum absolute atomic E-state index is 0.323. The van der Waals surface area contributed by atoms with Gasteiger partial charge < -0.3 is 9.47 Å². The van der Waals surface area contributed by atoms with Crippen LogP contribution in [0.1, 0.15) is 51.4 Å². The second kappa shape index (κ2) is 7.80. The van der Waals surface area contributed by atoms with E-state index in [4.69, 9.17) is 21.1 Å². The molecule has 0 atom stereocenters. The molecular weight excluding hydrogens is 359 g/mol. The molecule has 0 aromatic rings. The van der Waals surface area contributed by atoms with Gasteiger partial charge in [0.2, 0.25) is 7.29 Å². The minimum atomic E-state index is -2.58. The Labute approximate surface area is 156 Å². The fraction of sp³-hybridized carbons (Fsp3) is 0.889. The number of nitrogens with zero attached hydrogens (tertiary/aromatic N) is 2. The smallest absolute Gasteiger partial charge is 0.222 e. The highest BCUT2D eigenvalue weighted by Crippen LogP contribution is 2.53. The molecule has 0 aromatic carbocycles. The van der Waals surface area contributed by atoms with E-state index in [2.05, 4.69) is 9.57 Å². The van der Waals surface area contributed by atoms with E-state index in [1.165, 1.54) is 12.8 Å². The van der Waals surface area contributed by atoms with Crippen LogP contribution >= 0.6 is 18.9 Å². The normalized spacial score (nSPS) is 34.6. The van der Waals surface area contributed by atoms with Crippen LogP contribution in [0.3, 0.4) is 0 Å². The predicted octanol–water partition coefficient (Wildman–Crippen LogP) is 4.18. The van der Waals surface area contributed by atoms with E-state index in [0.717, 1.165) is 76.2 Å². The average molecular weight is 389 g/mol. The maximum Gasteiger partial charge on any atom is 0.222 e. The molecule has 7 heteroatoms. The quantitative estimate of drug-likeness (QED) is 0.524. The van der Waals surface area contributed by atoms with E-state index in [0.29, 0.717) is 24.1 Å². The number of hydrogen-bond acceptors (Lipinski definition) is 4. The number of hydrogen-bond donors (Lipinski definition) is 0. The molecule has 2 aliphatic carbocycles. The van der Waals surface area contributed by atoms with Crippen LogP contribution in [0.15, 0.2) is 11.5 Å². The zero-order valence-corrected chi connectivity index (χ0v) is 16.6. The Hall–Kier alpha value is -0.220. The third kappa shape index (κ3) is 4.05. The standard InChI is InChI=1S/C18H30ClN2O3P/c19-15-5-7-16(8-6-15)20-9-11-21(12-10-20)25(22)13-23-17-3-1-2-4-18(17)24-14-25/h15-16H,1-14H2. The summed E-state index contributed by atoms with van der Waals surface area (Å²) >= 11 is 6.24. The first-order valence-electron chi connectivity index (χ1n) is 9.83. The van der Waals surface area contributed by atoms with E-state index in [1.807, 2.05) is 0 Å². The molecule has 0 radical (unpaired) electrons. The van der Waals surface area contributed by atoms with Crippen molar-refractivity contribution >= 4 is 18.9 Å². The highest BCUT2D eigenvalue weighted by Gasteiger charge is 2.39. The molecule has 0 spiro atoms. The Bertz CT molecular complexity index is 531. The summed E-state index contributed by atoms with van der Waals surface area (Å²) in [5.74, 6) is 1.92. The molecule has 0 bridgehead atoms. The fourth-order valence-electron chi connectivity index (χ4n) is 4.55. The van der Waals surface area contributed by atoms with Gasteiger partial charge in [0.25, 0.3) is 0 Å². The first-order chi connectivity index (χ1) is 12.1. The van der Waals surface area contributed by atoms with Gasteiger partial charge in [0, 0.05) is 50.4 Å². The van der Waals surface area contributed by atoms with Crippen molar-refractivity contribution in [2.75, 3.05) is 38.9 Å². The van der Waals surface area contributed by atoms with Crippen LogP contribution < -0.4 is 0 Å². The van der Waals surface area contributed by atoms with Crippen LogP contribution in [0.5, 0.6) is 0 Å². The predicted molar refractivity (Wildman–Crippen MR) is 100 cm³/mol. The molecule has 1 saturated carbocycles. The maximum absolute atomic E-state index is 13.5. The van der Waals surface area contributed by atoms with E-state index >= 15 is 0 Å². The molecular formula is C18H30ClN2O3P. The number of alkyl halides is 1. The summed E-state index contributed by atoms with van der Waals surface area (Å²) < 4.78 is 27.6. The Kier molecular flexibility index (Phi) is 5.66. The van der Waals surface area contributed by atoms with E-state index in [-0.39, 0.29) is 0 Å². The van der Waals surface area contributed by atoms with Crippen LogP contribution in [0.2, 0.25) is 0 Å². The van der Waals surface area contributed by atoms with Gasteiger partial charge in [-0.15, -0.1) is 11.6 Å². The average Bonchev–Trinajstić information content (AvgIpc) is 2.83. The van der Waals surface area contributed by atoms with Crippen molar-refractivity contribution in [3.05, 3.63) is 11.5 Å². The van der Waals surface area contributed by atoms with Crippen LogP contribution in [0, 0.1) is 0 Å². The molecule has 0 aromatic heterocycles. The van der Waals surface area contributed by atoms with Gasteiger partial charge in [0.05, 0.1) is 0 Å². The van der Waals surface area contributed by atoms with Gasteiger partial charge in [-0.2, -0.15) is 0 Å². The lowest BCUT2D eigenvalue weighted by Gasteiger charge is -2.43. The lowest BCUT2D eigenvalue weighted by Crippen LogP contribution is -2.50. The third-order valence-corrected chi connectivity index (χ3v) is 9.13. The highest BCUT2D eigenvalue weighted by molar-refractivity contribution is 7.61. The lowest BCUT2D eigenvalue weighted by atomic mass is 9.93. The van der Waals surface area contributed by atoms with E-state index in [1.54, 1.807) is 0 Å². The summed E-state index contributed by atoms with van der Waals surface area (Å²) in [6, 6.07) is 0.661. The maximum atomic E-state index is 13.5. The van der Waals surface area contributed by atoms with Crippen LogP contribution in [0.4, 0.5) is 0 Å². The molecule has 4 rings (SSSR count). The zero-order valence-electron chi connectivity index (χ0n) is 15.0. The SMILES string of the molecule is O=P1(N2CCN(C3CCC(Cl)CC3)CC2)COC2=C(CCCC2)OC1. The Morgan fingerprint density at radius 2 is 1.44 bits per heavy atom. The summed E-state index contributed by atoms with van der Waals surface area (Å²) in [5, 5.41) is 0.368. The molecule has 4 aliphatic rings. The number of halogens is 1. The molecule has 1 saturated heterocycles. The fourth-order valence-corrected chi connectivity index (χ4v) is 6.83. The Morgan fingerprint density at radius 3 is 2.00 bits per heavy atom. The number of piperazine rings is 1. The highest BCUT2D eigenvalue weighted by atomic mass is 35.5. The number of allylic oxidation sites excluding steroid dienone is 2. The van der Waals surface area contributed by atoms with Crippen molar-refractivity contribution in [2.45, 2.75) is 62.8 Å². The Morgan fingerprint density at radius 1 is 0.880 bits per heavy atom. The first kappa shape index (κ1) is 18.2.